The van der Waals surface area contributed by atoms with E-state index < -0.39 is 0 Å². The molecule has 2 saturated carbocycles. The normalized spacial score (nSPS) is 38.7. The summed E-state index contributed by atoms with van der Waals surface area (Å²) in [6.45, 7) is 2.15. The molecular weight excluding hydrogens is 176 g/mol. The summed E-state index contributed by atoms with van der Waals surface area (Å²) in [6, 6.07) is 0.321. The molecule has 4 heteroatoms. The van der Waals surface area contributed by atoms with Gasteiger partial charge in [-0.2, -0.15) is 0 Å². The van der Waals surface area contributed by atoms with Crippen molar-refractivity contribution in [3.63, 3.8) is 0 Å². The zero-order valence-corrected chi connectivity index (χ0v) is 8.74. The quantitative estimate of drug-likeness (QED) is 0.262. The Morgan fingerprint density at radius 3 is 2.71 bits per heavy atom. The van der Waals surface area contributed by atoms with Crippen LogP contribution in [0.5, 0.6) is 0 Å². The molecule has 0 radical (unpaired) electrons. The molecule has 5 N–H and O–H groups in total. The summed E-state index contributed by atoms with van der Waals surface area (Å²) in [5.41, 5.74) is 7.94. The zero-order chi connectivity index (χ0) is 10.1. The number of aliphatic imine (C=N–C) groups is 1. The molecule has 0 aromatic carbocycles. The maximum absolute atomic E-state index is 5.55. The summed E-state index contributed by atoms with van der Waals surface area (Å²) in [4.78, 5) is 4.35. The minimum Gasteiger partial charge on any atom is -0.369 e. The van der Waals surface area contributed by atoms with E-state index >= 15 is 0 Å². The van der Waals surface area contributed by atoms with Gasteiger partial charge in [0.15, 0.2) is 0 Å². The molecular formula is C10H20N4. The molecule has 2 aliphatic rings. The van der Waals surface area contributed by atoms with Gasteiger partial charge in [0.25, 0.3) is 0 Å². The second kappa shape index (κ2) is 3.77. The Morgan fingerprint density at radius 1 is 1.43 bits per heavy atom. The molecule has 2 bridgehead atoms. The van der Waals surface area contributed by atoms with E-state index in [9.17, 15) is 0 Å². The lowest BCUT2D eigenvalue weighted by Crippen LogP contribution is -2.39. The fourth-order valence-corrected chi connectivity index (χ4v) is 3.24. The van der Waals surface area contributed by atoms with Gasteiger partial charge < -0.3 is 5.73 Å². The third kappa shape index (κ3) is 1.71. The maximum Gasteiger partial charge on any atom is 0.203 e. The molecule has 4 unspecified atom stereocenters. The van der Waals surface area contributed by atoms with Gasteiger partial charge in [-0.15, -0.1) is 0 Å². The van der Waals surface area contributed by atoms with Crippen LogP contribution in [0.2, 0.25) is 0 Å². The van der Waals surface area contributed by atoms with E-state index in [1.54, 1.807) is 0 Å². The monoisotopic (exact) mass is 196 g/mol. The highest BCUT2D eigenvalue weighted by Gasteiger charge is 2.41. The molecule has 0 spiro atoms. The second-order valence-electron chi connectivity index (χ2n) is 4.74. The van der Waals surface area contributed by atoms with Crippen LogP contribution in [0.25, 0.3) is 0 Å². The van der Waals surface area contributed by atoms with E-state index in [1.807, 2.05) is 0 Å². The van der Waals surface area contributed by atoms with Crippen LogP contribution < -0.4 is 17.0 Å². The number of rotatable bonds is 2. The van der Waals surface area contributed by atoms with Crippen LogP contribution in [0.4, 0.5) is 0 Å². The summed E-state index contributed by atoms with van der Waals surface area (Å²) in [6.07, 6.45) is 5.58. The number of nitrogens with zero attached hydrogens (tertiary/aromatic N) is 1. The lowest BCUT2D eigenvalue weighted by molar-refractivity contribution is 0.293. The average Bonchev–Trinajstić information content (AvgIpc) is 2.78. The highest BCUT2D eigenvalue weighted by molar-refractivity contribution is 5.77. The Morgan fingerprint density at radius 2 is 2.21 bits per heavy atom. The molecule has 0 saturated heterocycles. The molecule has 0 aromatic heterocycles. The maximum atomic E-state index is 5.55. The molecule has 0 heterocycles. The molecule has 4 atom stereocenters. The Kier molecular flexibility index (Phi) is 2.63. The Balaban J connectivity index is 1.96. The third-order valence-corrected chi connectivity index (χ3v) is 3.90. The van der Waals surface area contributed by atoms with Crippen molar-refractivity contribution in [1.29, 1.82) is 0 Å². The van der Waals surface area contributed by atoms with E-state index in [-0.39, 0.29) is 0 Å². The van der Waals surface area contributed by atoms with Crippen LogP contribution >= 0.6 is 0 Å². The van der Waals surface area contributed by atoms with Gasteiger partial charge in [0.05, 0.1) is 6.04 Å². The largest absolute Gasteiger partial charge is 0.369 e. The molecule has 2 aliphatic carbocycles. The van der Waals surface area contributed by atoms with Crippen molar-refractivity contribution in [3.05, 3.63) is 0 Å². The van der Waals surface area contributed by atoms with E-state index in [2.05, 4.69) is 17.3 Å². The number of nitrogens with two attached hydrogens (primary N) is 2. The van der Waals surface area contributed by atoms with Crippen molar-refractivity contribution in [1.82, 2.24) is 5.43 Å². The number of hydrogen-bond donors (Lipinski definition) is 3. The average molecular weight is 196 g/mol. The first-order chi connectivity index (χ1) is 6.70. The third-order valence-electron chi connectivity index (χ3n) is 3.90. The van der Waals surface area contributed by atoms with Crippen LogP contribution in [-0.4, -0.2) is 12.0 Å². The summed E-state index contributed by atoms with van der Waals surface area (Å²) >= 11 is 0. The van der Waals surface area contributed by atoms with E-state index in [0.717, 1.165) is 17.8 Å². The van der Waals surface area contributed by atoms with Gasteiger partial charge in [0, 0.05) is 0 Å². The van der Waals surface area contributed by atoms with Crippen LogP contribution in [0.1, 0.15) is 32.6 Å². The lowest BCUT2D eigenvalue weighted by Gasteiger charge is -2.25. The number of hydrazine groups is 1. The Bertz CT molecular complexity index is 238. The van der Waals surface area contributed by atoms with Crippen molar-refractivity contribution in [2.24, 2.45) is 34.3 Å². The van der Waals surface area contributed by atoms with Gasteiger partial charge >= 0.3 is 0 Å². The highest BCUT2D eigenvalue weighted by atomic mass is 15.3. The van der Waals surface area contributed by atoms with Gasteiger partial charge in [-0.05, 0) is 43.9 Å². The SMILES string of the molecule is CC(N=C(N)NN)C1CC2CCC1C2. The van der Waals surface area contributed by atoms with Gasteiger partial charge in [0.2, 0.25) is 5.96 Å². The zero-order valence-electron chi connectivity index (χ0n) is 8.74. The predicted octanol–water partition coefficient (Wildman–Crippen LogP) is 0.589. The molecule has 2 fully saturated rings. The van der Waals surface area contributed by atoms with E-state index in [0.29, 0.717) is 12.0 Å². The molecule has 0 aromatic rings. The number of fused-ring (bicyclic) bond motifs is 2. The second-order valence-corrected chi connectivity index (χ2v) is 4.74. The van der Waals surface area contributed by atoms with Crippen LogP contribution in [-0.2, 0) is 0 Å². The first kappa shape index (κ1) is 9.77. The fraction of sp³-hybridized carbons (Fsp3) is 0.900. The summed E-state index contributed by atoms with van der Waals surface area (Å²) in [7, 11) is 0. The van der Waals surface area contributed by atoms with Gasteiger partial charge in [-0.1, -0.05) is 6.42 Å². The van der Waals surface area contributed by atoms with Crippen molar-refractivity contribution >= 4 is 5.96 Å². The molecule has 4 nitrogen and oxygen atoms in total. The van der Waals surface area contributed by atoms with Crippen LogP contribution in [0.15, 0.2) is 4.99 Å². The molecule has 80 valence electrons. The Hall–Kier alpha value is -0.770. The van der Waals surface area contributed by atoms with Crippen molar-refractivity contribution < 1.29 is 0 Å². The van der Waals surface area contributed by atoms with Gasteiger partial charge in [-0.3, -0.25) is 5.43 Å². The molecule has 14 heavy (non-hydrogen) atoms. The molecule has 0 amide bonds. The predicted molar refractivity (Wildman–Crippen MR) is 57.3 cm³/mol. The highest BCUT2D eigenvalue weighted by Crippen LogP contribution is 2.49. The van der Waals surface area contributed by atoms with Crippen LogP contribution in [0.3, 0.4) is 0 Å². The lowest BCUT2D eigenvalue weighted by atomic mass is 9.84. The van der Waals surface area contributed by atoms with E-state index in [4.69, 9.17) is 11.6 Å². The number of hydrogen-bond acceptors (Lipinski definition) is 2. The summed E-state index contributed by atoms with van der Waals surface area (Å²) < 4.78 is 0. The Labute approximate surface area is 85.1 Å². The minimum absolute atomic E-state index is 0.321. The van der Waals surface area contributed by atoms with Crippen molar-refractivity contribution in [2.45, 2.75) is 38.6 Å². The topological polar surface area (TPSA) is 76.4 Å². The molecule has 0 aliphatic heterocycles. The fourth-order valence-electron chi connectivity index (χ4n) is 3.24. The van der Waals surface area contributed by atoms with Crippen LogP contribution in [0, 0.1) is 17.8 Å². The van der Waals surface area contributed by atoms with Crippen molar-refractivity contribution in [3.8, 4) is 0 Å². The standard InChI is InChI=1S/C10H20N4/c1-6(13-10(11)14-12)9-5-7-2-3-8(9)4-7/h6-9H,2-5,12H2,1H3,(H3,11,13,14). The summed E-state index contributed by atoms with van der Waals surface area (Å²) in [5, 5.41) is 0. The minimum atomic E-state index is 0.321. The number of guanidine groups is 1. The van der Waals surface area contributed by atoms with Gasteiger partial charge in [0.1, 0.15) is 0 Å². The molecule has 2 rings (SSSR count). The summed E-state index contributed by atoms with van der Waals surface area (Å²) in [5.74, 6) is 8.15. The first-order valence-electron chi connectivity index (χ1n) is 5.50. The first-order valence-corrected chi connectivity index (χ1v) is 5.50. The van der Waals surface area contributed by atoms with Crippen molar-refractivity contribution in [2.75, 3.05) is 0 Å². The van der Waals surface area contributed by atoms with E-state index in [1.165, 1.54) is 25.7 Å². The number of nitrogens with one attached hydrogen (secondary N) is 1. The van der Waals surface area contributed by atoms with Gasteiger partial charge in [-0.25, -0.2) is 10.8 Å². The smallest absolute Gasteiger partial charge is 0.203 e.